The smallest absolute Gasteiger partial charge is 0.465 e. The van der Waals surface area contributed by atoms with Crippen molar-refractivity contribution < 1.29 is 46.5 Å². The number of methoxy groups -OCH3 is 2. The lowest BCUT2D eigenvalue weighted by atomic mass is 10.1. The Morgan fingerprint density at radius 2 is 1.62 bits per heavy atom. The molecule has 1 aliphatic heterocycles. The predicted molar refractivity (Wildman–Crippen MR) is 103 cm³/mol. The number of alkyl halides is 3. The van der Waals surface area contributed by atoms with Gasteiger partial charge in [-0.25, -0.2) is 14.4 Å². The van der Waals surface area contributed by atoms with Crippen LogP contribution in [0.4, 0.5) is 23.7 Å². The maximum absolute atomic E-state index is 13.8. The van der Waals surface area contributed by atoms with Gasteiger partial charge >= 0.3 is 30.1 Å². The van der Waals surface area contributed by atoms with Gasteiger partial charge < -0.3 is 24.3 Å². The highest BCUT2D eigenvalue weighted by molar-refractivity contribution is 6.30. The van der Waals surface area contributed by atoms with Crippen LogP contribution < -0.4 is 20.1 Å². The van der Waals surface area contributed by atoms with E-state index in [0.717, 1.165) is 38.5 Å². The van der Waals surface area contributed by atoms with Gasteiger partial charge in [-0.3, -0.25) is 5.32 Å². The van der Waals surface area contributed by atoms with Gasteiger partial charge in [-0.1, -0.05) is 11.6 Å². The minimum Gasteiger partial charge on any atom is -0.465 e. The first-order chi connectivity index (χ1) is 15.0. The largest absolute Gasteiger partial charge is 0.492 e. The number of hydrogen-bond donors (Lipinski definition) is 2. The summed E-state index contributed by atoms with van der Waals surface area (Å²) < 4.78 is 60.2. The lowest BCUT2D eigenvalue weighted by Gasteiger charge is -2.29. The molecule has 0 saturated heterocycles. The zero-order valence-corrected chi connectivity index (χ0v) is 17.1. The second-order valence-corrected chi connectivity index (χ2v) is 6.67. The van der Waals surface area contributed by atoms with Gasteiger partial charge in [-0.2, -0.15) is 13.2 Å². The van der Waals surface area contributed by atoms with Crippen molar-refractivity contribution in [2.75, 3.05) is 19.5 Å². The van der Waals surface area contributed by atoms with E-state index in [1.807, 2.05) is 0 Å². The summed E-state index contributed by atoms with van der Waals surface area (Å²) in [6.07, 6.45) is -5.23. The molecule has 2 aromatic rings. The van der Waals surface area contributed by atoms with E-state index in [1.54, 1.807) is 5.32 Å². The molecular formula is C19H14ClF3N2O7. The number of hydrogen-bond acceptors (Lipinski definition) is 7. The van der Waals surface area contributed by atoms with Gasteiger partial charge in [0.15, 0.2) is 11.5 Å². The highest BCUT2D eigenvalue weighted by Gasteiger charge is 2.65. The summed E-state index contributed by atoms with van der Waals surface area (Å²) in [4.78, 5) is 36.2. The zero-order valence-electron chi connectivity index (χ0n) is 16.3. The molecule has 0 aromatic heterocycles. The third-order valence-corrected chi connectivity index (χ3v) is 4.39. The number of esters is 2. The van der Waals surface area contributed by atoms with Gasteiger partial charge in [0, 0.05) is 11.1 Å². The minimum absolute atomic E-state index is 0.0807. The number of ether oxygens (including phenoxy) is 4. The molecule has 13 heteroatoms. The van der Waals surface area contributed by atoms with Gasteiger partial charge in [-0.15, -0.1) is 0 Å². The third kappa shape index (κ3) is 4.35. The van der Waals surface area contributed by atoms with Crippen LogP contribution in [0.15, 0.2) is 36.4 Å². The van der Waals surface area contributed by atoms with Crippen LogP contribution in [0.1, 0.15) is 20.7 Å². The Kier molecular flexibility index (Phi) is 6.08. The molecule has 170 valence electrons. The summed E-state index contributed by atoms with van der Waals surface area (Å²) >= 11 is 5.76. The SMILES string of the molecule is COC(=O)c1ccc(C(=O)OC)c(NC(=O)NC2(C(F)(F)F)Oc3ccc(Cl)cc3O2)c1. The molecule has 3 rings (SSSR count). The number of rotatable bonds is 4. The van der Waals surface area contributed by atoms with E-state index in [-0.39, 0.29) is 33.3 Å². The number of halogens is 4. The topological polar surface area (TPSA) is 112 Å². The van der Waals surface area contributed by atoms with E-state index in [0.29, 0.717) is 0 Å². The first kappa shape index (κ1) is 23.0. The number of nitrogens with one attached hydrogen (secondary N) is 2. The lowest BCUT2D eigenvalue weighted by molar-refractivity contribution is -0.317. The second kappa shape index (κ2) is 8.46. The fourth-order valence-electron chi connectivity index (χ4n) is 2.70. The predicted octanol–water partition coefficient (Wildman–Crippen LogP) is 3.72. The average Bonchev–Trinajstić information content (AvgIpc) is 3.10. The van der Waals surface area contributed by atoms with Crippen LogP contribution in [0.5, 0.6) is 11.5 Å². The number of carbonyl (C=O) groups is 3. The van der Waals surface area contributed by atoms with Crippen molar-refractivity contribution in [2.24, 2.45) is 0 Å². The highest BCUT2D eigenvalue weighted by atomic mass is 35.5. The fraction of sp³-hybridized carbons (Fsp3) is 0.211. The van der Waals surface area contributed by atoms with Gasteiger partial charge in [-0.05, 0) is 30.3 Å². The van der Waals surface area contributed by atoms with Gasteiger partial charge in [0.25, 0.3) is 0 Å². The molecule has 0 radical (unpaired) electrons. The molecule has 0 saturated carbocycles. The standard InChI is InChI=1S/C19H14ClF3N2O7/c1-29-15(26)9-3-5-11(16(27)30-2)12(7-9)24-17(28)25-19(18(21,22)23)31-13-6-4-10(20)8-14(13)32-19/h3-8H,1-2H3,(H2,24,25,28). The molecule has 1 aliphatic rings. The number of urea groups is 1. The van der Waals surface area contributed by atoms with Crippen LogP contribution in [0.25, 0.3) is 0 Å². The van der Waals surface area contributed by atoms with E-state index in [4.69, 9.17) is 21.1 Å². The zero-order chi connectivity index (χ0) is 23.7. The first-order valence-corrected chi connectivity index (χ1v) is 9.01. The molecule has 0 spiro atoms. The van der Waals surface area contributed by atoms with Crippen molar-refractivity contribution in [1.82, 2.24) is 5.32 Å². The van der Waals surface area contributed by atoms with Gasteiger partial charge in [0.05, 0.1) is 31.0 Å². The van der Waals surface area contributed by atoms with Gasteiger partial charge in [0.1, 0.15) is 0 Å². The maximum atomic E-state index is 13.8. The van der Waals surface area contributed by atoms with E-state index in [2.05, 4.69) is 14.8 Å². The number of amides is 2. The third-order valence-electron chi connectivity index (χ3n) is 4.16. The quantitative estimate of drug-likeness (QED) is 0.649. The van der Waals surface area contributed by atoms with Crippen LogP contribution in [0.2, 0.25) is 5.02 Å². The maximum Gasteiger partial charge on any atom is 0.492 e. The molecule has 0 fully saturated rings. The molecule has 9 nitrogen and oxygen atoms in total. The Labute approximate surface area is 183 Å². The summed E-state index contributed by atoms with van der Waals surface area (Å²) in [6.45, 7) is 0. The van der Waals surface area contributed by atoms with E-state index in [9.17, 15) is 27.6 Å². The van der Waals surface area contributed by atoms with Crippen LogP contribution in [0.3, 0.4) is 0 Å². The minimum atomic E-state index is -5.23. The van der Waals surface area contributed by atoms with E-state index in [1.165, 1.54) is 12.1 Å². The Morgan fingerprint density at radius 1 is 0.969 bits per heavy atom. The van der Waals surface area contributed by atoms with Crippen molar-refractivity contribution in [2.45, 2.75) is 12.1 Å². The highest BCUT2D eigenvalue weighted by Crippen LogP contribution is 2.46. The van der Waals surface area contributed by atoms with Gasteiger partial charge in [0.2, 0.25) is 0 Å². The van der Waals surface area contributed by atoms with Crippen LogP contribution in [-0.4, -0.2) is 44.3 Å². The monoisotopic (exact) mass is 474 g/mol. The Balaban J connectivity index is 1.91. The number of benzene rings is 2. The fourth-order valence-corrected chi connectivity index (χ4v) is 2.86. The van der Waals surface area contributed by atoms with Crippen molar-refractivity contribution in [3.05, 3.63) is 52.5 Å². The van der Waals surface area contributed by atoms with Crippen molar-refractivity contribution in [3.63, 3.8) is 0 Å². The summed E-state index contributed by atoms with van der Waals surface area (Å²) in [5, 5.41) is 3.71. The molecule has 0 bridgehead atoms. The lowest BCUT2D eigenvalue weighted by Crippen LogP contribution is -2.65. The molecule has 2 aromatic carbocycles. The van der Waals surface area contributed by atoms with Crippen molar-refractivity contribution in [1.29, 1.82) is 0 Å². The first-order valence-electron chi connectivity index (χ1n) is 8.64. The van der Waals surface area contributed by atoms with Crippen molar-refractivity contribution in [3.8, 4) is 11.5 Å². The Hall–Kier alpha value is -3.67. The summed E-state index contributed by atoms with van der Waals surface area (Å²) in [7, 11) is 2.16. The molecule has 1 atom stereocenters. The number of fused-ring (bicyclic) bond motifs is 1. The molecule has 0 aliphatic carbocycles. The van der Waals surface area contributed by atoms with E-state index >= 15 is 0 Å². The summed E-state index contributed by atoms with van der Waals surface area (Å²) in [5.74, 6) is -5.97. The summed E-state index contributed by atoms with van der Waals surface area (Å²) in [5.41, 5.74) is -0.649. The molecule has 1 unspecified atom stereocenters. The Morgan fingerprint density at radius 3 is 2.25 bits per heavy atom. The second-order valence-electron chi connectivity index (χ2n) is 6.23. The van der Waals surface area contributed by atoms with Crippen LogP contribution in [0, 0.1) is 0 Å². The normalized spacial score (nSPS) is 16.8. The molecule has 1 heterocycles. The molecule has 2 N–H and O–H groups in total. The summed E-state index contributed by atoms with van der Waals surface area (Å²) in [6, 6.07) is 5.41. The van der Waals surface area contributed by atoms with E-state index < -0.39 is 30.1 Å². The molecule has 32 heavy (non-hydrogen) atoms. The molecular weight excluding hydrogens is 461 g/mol. The Bertz CT molecular complexity index is 1090. The van der Waals surface area contributed by atoms with Crippen molar-refractivity contribution >= 4 is 35.3 Å². The van der Waals surface area contributed by atoms with Crippen LogP contribution in [-0.2, 0) is 9.47 Å². The number of anilines is 1. The number of carbonyl (C=O) groups excluding carboxylic acids is 3. The van der Waals surface area contributed by atoms with Crippen LogP contribution >= 0.6 is 11.6 Å². The molecule has 2 amide bonds. The average molecular weight is 475 g/mol.